The first kappa shape index (κ1) is 14.1. The first-order chi connectivity index (χ1) is 9.15. The molecule has 0 amide bonds. The smallest absolute Gasteiger partial charge is 0.137 e. The second-order valence-electron chi connectivity index (χ2n) is 5.51. The summed E-state index contributed by atoms with van der Waals surface area (Å²) in [5.74, 6) is 3.84. The summed E-state index contributed by atoms with van der Waals surface area (Å²) in [6.45, 7) is 11.8. The highest BCUT2D eigenvalue weighted by Gasteiger charge is 2.21. The quantitative estimate of drug-likeness (QED) is 0.905. The average molecular weight is 262 g/mol. The zero-order valence-corrected chi connectivity index (χ0v) is 12.7. The van der Waals surface area contributed by atoms with Crippen LogP contribution in [0.1, 0.15) is 45.0 Å². The second-order valence-corrected chi connectivity index (χ2v) is 5.51. The van der Waals surface area contributed by atoms with E-state index in [9.17, 15) is 0 Å². The van der Waals surface area contributed by atoms with Crippen LogP contribution < -0.4 is 10.2 Å². The van der Waals surface area contributed by atoms with Gasteiger partial charge in [0.1, 0.15) is 17.5 Å². The van der Waals surface area contributed by atoms with Crippen molar-refractivity contribution in [2.75, 3.05) is 29.9 Å². The van der Waals surface area contributed by atoms with Gasteiger partial charge in [-0.1, -0.05) is 13.8 Å². The third-order valence-electron chi connectivity index (χ3n) is 3.78. The third-order valence-corrected chi connectivity index (χ3v) is 3.78. The van der Waals surface area contributed by atoms with E-state index in [0.29, 0.717) is 0 Å². The Morgan fingerprint density at radius 3 is 2.74 bits per heavy atom. The number of hydrogen-bond acceptors (Lipinski definition) is 4. The van der Waals surface area contributed by atoms with Crippen molar-refractivity contribution in [3.63, 3.8) is 0 Å². The number of nitrogens with zero attached hydrogens (tertiary/aromatic N) is 3. The predicted molar refractivity (Wildman–Crippen MR) is 80.9 cm³/mol. The van der Waals surface area contributed by atoms with E-state index in [1.165, 1.54) is 18.4 Å². The zero-order valence-electron chi connectivity index (χ0n) is 12.7. The summed E-state index contributed by atoms with van der Waals surface area (Å²) in [6, 6.07) is 0. The maximum Gasteiger partial charge on any atom is 0.137 e. The van der Waals surface area contributed by atoms with E-state index in [4.69, 9.17) is 4.98 Å². The molecule has 1 atom stereocenters. The molecule has 2 heterocycles. The molecule has 19 heavy (non-hydrogen) atoms. The van der Waals surface area contributed by atoms with E-state index < -0.39 is 0 Å². The number of piperidine rings is 1. The molecule has 0 bridgehead atoms. The van der Waals surface area contributed by atoms with Gasteiger partial charge in [-0.2, -0.15) is 0 Å². The van der Waals surface area contributed by atoms with Crippen LogP contribution in [0.2, 0.25) is 0 Å². The van der Waals surface area contributed by atoms with Gasteiger partial charge in [-0.05, 0) is 32.6 Å². The van der Waals surface area contributed by atoms with E-state index in [1.807, 2.05) is 0 Å². The van der Waals surface area contributed by atoms with E-state index in [2.05, 4.69) is 42.9 Å². The monoisotopic (exact) mass is 262 g/mol. The Bertz CT molecular complexity index is 430. The molecule has 1 saturated heterocycles. The molecule has 0 radical (unpaired) electrons. The molecule has 1 unspecified atom stereocenters. The van der Waals surface area contributed by atoms with E-state index in [0.717, 1.165) is 49.4 Å². The number of anilines is 2. The van der Waals surface area contributed by atoms with Crippen molar-refractivity contribution in [1.82, 2.24) is 9.97 Å². The van der Waals surface area contributed by atoms with Crippen molar-refractivity contribution >= 4 is 11.6 Å². The highest BCUT2D eigenvalue weighted by atomic mass is 15.2. The average Bonchev–Trinajstić information content (AvgIpc) is 2.41. The van der Waals surface area contributed by atoms with E-state index >= 15 is 0 Å². The maximum absolute atomic E-state index is 4.77. The minimum atomic E-state index is 0.760. The fourth-order valence-corrected chi connectivity index (χ4v) is 2.74. The molecule has 4 heteroatoms. The van der Waals surface area contributed by atoms with Crippen LogP contribution in [0.15, 0.2) is 0 Å². The van der Waals surface area contributed by atoms with Crippen LogP contribution in [-0.4, -0.2) is 29.6 Å². The minimum absolute atomic E-state index is 0.760. The molecule has 1 aliphatic heterocycles. The Labute approximate surface area is 116 Å². The Morgan fingerprint density at radius 2 is 2.11 bits per heavy atom. The molecule has 0 aromatic carbocycles. The maximum atomic E-state index is 4.77. The van der Waals surface area contributed by atoms with Gasteiger partial charge in [-0.25, -0.2) is 9.97 Å². The summed E-state index contributed by atoms with van der Waals surface area (Å²) in [4.78, 5) is 11.8. The number of rotatable bonds is 4. The van der Waals surface area contributed by atoms with Gasteiger partial charge in [0.25, 0.3) is 0 Å². The number of hydrogen-bond donors (Lipinski definition) is 1. The summed E-state index contributed by atoms with van der Waals surface area (Å²) in [7, 11) is 0. The Balaban J connectivity index is 2.34. The molecule has 106 valence electrons. The van der Waals surface area contributed by atoms with E-state index in [-0.39, 0.29) is 0 Å². The number of nitrogens with one attached hydrogen (secondary N) is 1. The lowest BCUT2D eigenvalue weighted by atomic mass is 10.00. The van der Waals surface area contributed by atoms with Crippen molar-refractivity contribution in [3.05, 3.63) is 11.4 Å². The second kappa shape index (κ2) is 6.22. The highest BCUT2D eigenvalue weighted by Crippen LogP contribution is 2.27. The Morgan fingerprint density at radius 1 is 1.32 bits per heavy atom. The summed E-state index contributed by atoms with van der Waals surface area (Å²) >= 11 is 0. The predicted octanol–water partition coefficient (Wildman–Crippen LogP) is 3.02. The fourth-order valence-electron chi connectivity index (χ4n) is 2.74. The van der Waals surface area contributed by atoms with Gasteiger partial charge in [0, 0.05) is 31.6 Å². The van der Waals surface area contributed by atoms with Gasteiger partial charge >= 0.3 is 0 Å². The van der Waals surface area contributed by atoms with Crippen LogP contribution in [0.25, 0.3) is 0 Å². The SMILES string of the molecule is CCNc1nc(CC)nc(N2CCCC(C)C2)c1C. The summed E-state index contributed by atoms with van der Waals surface area (Å²) in [5, 5.41) is 3.36. The third kappa shape index (κ3) is 3.17. The molecule has 1 aromatic heterocycles. The van der Waals surface area contributed by atoms with Gasteiger partial charge in [-0.3, -0.25) is 0 Å². The van der Waals surface area contributed by atoms with Crippen molar-refractivity contribution in [2.45, 2.75) is 47.0 Å². The lowest BCUT2D eigenvalue weighted by Crippen LogP contribution is -2.35. The van der Waals surface area contributed by atoms with Gasteiger partial charge in [0.2, 0.25) is 0 Å². The lowest BCUT2D eigenvalue weighted by molar-refractivity contribution is 0.443. The van der Waals surface area contributed by atoms with Gasteiger partial charge < -0.3 is 10.2 Å². The normalized spacial score (nSPS) is 19.6. The van der Waals surface area contributed by atoms with Crippen molar-refractivity contribution in [2.24, 2.45) is 5.92 Å². The number of aryl methyl sites for hydroxylation is 1. The molecular formula is C15H26N4. The van der Waals surface area contributed by atoms with Crippen LogP contribution in [0.3, 0.4) is 0 Å². The molecular weight excluding hydrogens is 236 g/mol. The van der Waals surface area contributed by atoms with E-state index in [1.54, 1.807) is 0 Å². The molecule has 4 nitrogen and oxygen atoms in total. The van der Waals surface area contributed by atoms with Crippen LogP contribution in [0.4, 0.5) is 11.6 Å². The van der Waals surface area contributed by atoms with Crippen LogP contribution in [0.5, 0.6) is 0 Å². The fraction of sp³-hybridized carbons (Fsp3) is 0.733. The van der Waals surface area contributed by atoms with Crippen LogP contribution >= 0.6 is 0 Å². The molecule has 1 N–H and O–H groups in total. The first-order valence-electron chi connectivity index (χ1n) is 7.52. The molecule has 0 saturated carbocycles. The van der Waals surface area contributed by atoms with Gasteiger partial charge in [-0.15, -0.1) is 0 Å². The molecule has 1 fully saturated rings. The lowest BCUT2D eigenvalue weighted by Gasteiger charge is -2.33. The largest absolute Gasteiger partial charge is 0.370 e. The summed E-state index contributed by atoms with van der Waals surface area (Å²) in [6.07, 6.45) is 3.49. The first-order valence-corrected chi connectivity index (χ1v) is 7.52. The minimum Gasteiger partial charge on any atom is -0.370 e. The summed E-state index contributed by atoms with van der Waals surface area (Å²) in [5.41, 5.74) is 1.19. The topological polar surface area (TPSA) is 41.1 Å². The van der Waals surface area contributed by atoms with Gasteiger partial charge in [0.05, 0.1) is 0 Å². The van der Waals surface area contributed by atoms with Crippen LogP contribution in [-0.2, 0) is 6.42 Å². The molecule has 0 aliphatic carbocycles. The Kier molecular flexibility index (Phi) is 4.61. The van der Waals surface area contributed by atoms with Crippen molar-refractivity contribution < 1.29 is 0 Å². The van der Waals surface area contributed by atoms with Crippen molar-refractivity contribution in [3.8, 4) is 0 Å². The zero-order chi connectivity index (χ0) is 13.8. The van der Waals surface area contributed by atoms with Crippen molar-refractivity contribution in [1.29, 1.82) is 0 Å². The standard InChI is InChI=1S/C15H26N4/c1-5-13-17-14(16-6-2)12(4)15(18-13)19-9-7-8-11(3)10-19/h11H,5-10H2,1-4H3,(H,16,17,18). The van der Waals surface area contributed by atoms with Crippen LogP contribution in [0, 0.1) is 12.8 Å². The van der Waals surface area contributed by atoms with Gasteiger partial charge in [0.15, 0.2) is 0 Å². The molecule has 1 aromatic rings. The highest BCUT2D eigenvalue weighted by molar-refractivity contribution is 5.58. The summed E-state index contributed by atoms with van der Waals surface area (Å²) < 4.78 is 0. The molecule has 0 spiro atoms. The number of aromatic nitrogens is 2. The Hall–Kier alpha value is -1.32. The molecule has 2 rings (SSSR count). The molecule has 1 aliphatic rings.